The van der Waals surface area contributed by atoms with Crippen LogP contribution in [0.4, 0.5) is 11.4 Å². The number of rotatable bonds is 4. The van der Waals surface area contributed by atoms with Crippen molar-refractivity contribution in [2.24, 2.45) is 0 Å². The van der Waals surface area contributed by atoms with E-state index in [1.807, 2.05) is 6.07 Å². The molecule has 2 rings (SSSR count). The molecule has 0 unspecified atom stereocenters. The van der Waals surface area contributed by atoms with E-state index in [1.54, 1.807) is 43.3 Å². The Morgan fingerprint density at radius 1 is 1.09 bits per heavy atom. The van der Waals surface area contributed by atoms with Crippen LogP contribution >= 0.6 is 11.6 Å². The van der Waals surface area contributed by atoms with Crippen LogP contribution in [-0.2, 0) is 4.79 Å². The number of carbonyl (C=O) groups is 2. The molecular weight excluding hydrogens is 314 g/mol. The molecule has 2 N–H and O–H groups in total. The van der Waals surface area contributed by atoms with Crippen LogP contribution in [-0.4, -0.2) is 11.8 Å². The monoisotopic (exact) mass is 327 g/mol. The number of carbonyl (C=O) groups excluding carboxylic acids is 2. The maximum absolute atomic E-state index is 12.2. The summed E-state index contributed by atoms with van der Waals surface area (Å²) in [5.74, 6) is -0.395. The minimum Gasteiger partial charge on any atom is -0.326 e. The Morgan fingerprint density at radius 3 is 2.30 bits per heavy atom. The van der Waals surface area contributed by atoms with Gasteiger partial charge in [-0.1, -0.05) is 18.5 Å². The Hall–Kier alpha value is -2.84. The lowest BCUT2D eigenvalue weighted by molar-refractivity contribution is -0.115. The number of amides is 2. The second-order valence-electron chi connectivity index (χ2n) is 4.74. The third-order valence-electron chi connectivity index (χ3n) is 3.10. The smallest absolute Gasteiger partial charge is 0.255 e. The van der Waals surface area contributed by atoms with E-state index >= 15 is 0 Å². The lowest BCUT2D eigenvalue weighted by atomic mass is 10.1. The topological polar surface area (TPSA) is 82.0 Å². The van der Waals surface area contributed by atoms with E-state index in [0.717, 1.165) is 0 Å². The van der Waals surface area contributed by atoms with Crippen molar-refractivity contribution in [3.8, 4) is 6.07 Å². The summed E-state index contributed by atoms with van der Waals surface area (Å²) >= 11 is 5.93. The minimum atomic E-state index is -0.306. The number of nitriles is 1. The average Bonchev–Trinajstić information content (AvgIpc) is 2.55. The largest absolute Gasteiger partial charge is 0.326 e. The van der Waals surface area contributed by atoms with Crippen LogP contribution in [0.2, 0.25) is 5.02 Å². The third kappa shape index (κ3) is 4.31. The maximum atomic E-state index is 12.2. The van der Waals surface area contributed by atoms with Crippen molar-refractivity contribution in [1.29, 1.82) is 5.26 Å². The molecule has 0 aromatic heterocycles. The van der Waals surface area contributed by atoms with Gasteiger partial charge >= 0.3 is 0 Å². The number of hydrogen-bond donors (Lipinski definition) is 2. The highest BCUT2D eigenvalue weighted by Crippen LogP contribution is 2.21. The molecule has 6 heteroatoms. The van der Waals surface area contributed by atoms with Crippen LogP contribution in [0.25, 0.3) is 0 Å². The van der Waals surface area contributed by atoms with Crippen molar-refractivity contribution in [1.82, 2.24) is 0 Å². The van der Waals surface area contributed by atoms with Gasteiger partial charge in [-0.25, -0.2) is 0 Å². The van der Waals surface area contributed by atoms with E-state index in [0.29, 0.717) is 28.9 Å². The van der Waals surface area contributed by atoms with Gasteiger partial charge in [0.15, 0.2) is 0 Å². The summed E-state index contributed by atoms with van der Waals surface area (Å²) in [6.45, 7) is 1.76. The SMILES string of the molecule is CCC(=O)Nc1ccc(C(=O)Nc2ccc(C#N)c(Cl)c2)cc1. The van der Waals surface area contributed by atoms with Gasteiger partial charge in [-0.05, 0) is 42.5 Å². The summed E-state index contributed by atoms with van der Waals surface area (Å²) in [6.07, 6.45) is 0.391. The predicted molar refractivity (Wildman–Crippen MR) is 89.5 cm³/mol. The number of nitrogens with zero attached hydrogens (tertiary/aromatic N) is 1. The van der Waals surface area contributed by atoms with Gasteiger partial charge in [-0.3, -0.25) is 9.59 Å². The second kappa shape index (κ2) is 7.43. The molecule has 0 saturated heterocycles. The van der Waals surface area contributed by atoms with Gasteiger partial charge < -0.3 is 10.6 Å². The van der Waals surface area contributed by atoms with Gasteiger partial charge in [0.25, 0.3) is 5.91 Å². The Kier molecular flexibility index (Phi) is 5.34. The molecule has 0 aliphatic rings. The van der Waals surface area contributed by atoms with Gasteiger partial charge in [0.2, 0.25) is 5.91 Å². The molecule has 5 nitrogen and oxygen atoms in total. The molecule has 2 aromatic rings. The van der Waals surface area contributed by atoms with Gasteiger partial charge in [0.05, 0.1) is 10.6 Å². The van der Waals surface area contributed by atoms with Gasteiger partial charge in [0.1, 0.15) is 6.07 Å². The zero-order valence-electron chi connectivity index (χ0n) is 12.4. The maximum Gasteiger partial charge on any atom is 0.255 e. The van der Waals surface area contributed by atoms with Gasteiger partial charge in [-0.15, -0.1) is 0 Å². The first-order valence-corrected chi connectivity index (χ1v) is 7.32. The number of anilines is 2. The molecule has 0 radical (unpaired) electrons. The van der Waals surface area contributed by atoms with E-state index in [4.69, 9.17) is 16.9 Å². The van der Waals surface area contributed by atoms with Crippen molar-refractivity contribution in [2.75, 3.05) is 10.6 Å². The summed E-state index contributed by atoms with van der Waals surface area (Å²) in [5.41, 5.74) is 1.93. The molecule has 0 heterocycles. The van der Waals surface area contributed by atoms with Crippen molar-refractivity contribution in [3.63, 3.8) is 0 Å². The molecule has 0 saturated carbocycles. The summed E-state index contributed by atoms with van der Waals surface area (Å²) in [5, 5.41) is 14.5. The highest BCUT2D eigenvalue weighted by Gasteiger charge is 2.08. The minimum absolute atomic E-state index is 0.0885. The van der Waals surface area contributed by atoms with Crippen molar-refractivity contribution < 1.29 is 9.59 Å². The molecule has 0 atom stereocenters. The van der Waals surface area contributed by atoms with Crippen LogP contribution in [0.3, 0.4) is 0 Å². The Morgan fingerprint density at radius 2 is 1.74 bits per heavy atom. The zero-order valence-corrected chi connectivity index (χ0v) is 13.1. The van der Waals surface area contributed by atoms with Crippen LogP contribution < -0.4 is 10.6 Å². The zero-order chi connectivity index (χ0) is 16.8. The summed E-state index contributed by atoms with van der Waals surface area (Å²) < 4.78 is 0. The van der Waals surface area contributed by atoms with E-state index in [-0.39, 0.29) is 16.8 Å². The van der Waals surface area contributed by atoms with Gasteiger partial charge in [-0.2, -0.15) is 5.26 Å². The van der Waals surface area contributed by atoms with Crippen LogP contribution in [0.1, 0.15) is 29.3 Å². The Labute approximate surface area is 138 Å². The van der Waals surface area contributed by atoms with E-state index < -0.39 is 0 Å². The number of nitrogens with one attached hydrogen (secondary N) is 2. The summed E-state index contributed by atoms with van der Waals surface area (Å²) in [7, 11) is 0. The van der Waals surface area contributed by atoms with Crippen LogP contribution in [0, 0.1) is 11.3 Å². The molecule has 116 valence electrons. The van der Waals surface area contributed by atoms with Gasteiger partial charge in [0, 0.05) is 23.4 Å². The normalized spacial score (nSPS) is 9.78. The first kappa shape index (κ1) is 16.5. The highest BCUT2D eigenvalue weighted by atomic mass is 35.5. The third-order valence-corrected chi connectivity index (χ3v) is 3.41. The molecule has 2 aromatic carbocycles. The van der Waals surface area contributed by atoms with Crippen LogP contribution in [0.5, 0.6) is 0 Å². The fourth-order valence-corrected chi connectivity index (χ4v) is 2.06. The van der Waals surface area contributed by atoms with Crippen LogP contribution in [0.15, 0.2) is 42.5 Å². The van der Waals surface area contributed by atoms with Crippen molar-refractivity contribution in [2.45, 2.75) is 13.3 Å². The fourth-order valence-electron chi connectivity index (χ4n) is 1.84. The second-order valence-corrected chi connectivity index (χ2v) is 5.15. The molecule has 0 fully saturated rings. The molecule has 0 aliphatic heterocycles. The fraction of sp³-hybridized carbons (Fsp3) is 0.118. The average molecular weight is 328 g/mol. The quantitative estimate of drug-likeness (QED) is 0.895. The van der Waals surface area contributed by atoms with E-state index in [9.17, 15) is 9.59 Å². The standard InChI is InChI=1S/C17H14ClN3O2/c1-2-16(22)20-13-6-3-11(4-7-13)17(23)21-14-8-5-12(10-19)15(18)9-14/h3-9H,2H2,1H3,(H,20,22)(H,21,23). The lowest BCUT2D eigenvalue weighted by Gasteiger charge is -2.08. The number of benzene rings is 2. The molecule has 2 amide bonds. The number of halogens is 1. The van der Waals surface area contributed by atoms with E-state index in [1.165, 1.54) is 6.07 Å². The predicted octanol–water partition coefficient (Wildman–Crippen LogP) is 3.81. The van der Waals surface area contributed by atoms with Crippen molar-refractivity contribution in [3.05, 3.63) is 58.6 Å². The number of hydrogen-bond acceptors (Lipinski definition) is 3. The van der Waals surface area contributed by atoms with Crippen molar-refractivity contribution >= 4 is 34.8 Å². The first-order valence-electron chi connectivity index (χ1n) is 6.94. The summed E-state index contributed by atoms with van der Waals surface area (Å²) in [4.78, 5) is 23.5. The first-order chi connectivity index (χ1) is 11.0. The van der Waals surface area contributed by atoms with E-state index in [2.05, 4.69) is 10.6 Å². The lowest BCUT2D eigenvalue weighted by Crippen LogP contribution is -2.13. The molecule has 0 bridgehead atoms. The Bertz CT molecular complexity index is 779. The molecule has 0 aliphatic carbocycles. The molecule has 23 heavy (non-hydrogen) atoms. The molecule has 0 spiro atoms. The summed E-state index contributed by atoms with van der Waals surface area (Å²) in [6, 6.07) is 13.2. The Balaban J connectivity index is 2.07. The molecular formula is C17H14ClN3O2. The highest BCUT2D eigenvalue weighted by molar-refractivity contribution is 6.32.